The van der Waals surface area contributed by atoms with Crippen LogP contribution in [0, 0.1) is 0 Å². The van der Waals surface area contributed by atoms with Crippen molar-refractivity contribution < 1.29 is 67.2 Å². The molecule has 0 aromatic heterocycles. The Balaban J connectivity index is 0.000000216. The van der Waals surface area contributed by atoms with Crippen LogP contribution < -0.4 is 34.8 Å². The summed E-state index contributed by atoms with van der Waals surface area (Å²) < 4.78 is 55.4. The number of fused-ring (bicyclic) bond motifs is 9. The van der Waals surface area contributed by atoms with E-state index in [0.717, 1.165) is 123 Å². The van der Waals surface area contributed by atoms with E-state index in [-0.39, 0.29) is 75.1 Å². The monoisotopic (exact) mass is 2180 g/mol. The van der Waals surface area contributed by atoms with Gasteiger partial charge in [0, 0.05) is 89.2 Å². The topological polar surface area (TPSA) is 141 Å². The molecule has 0 saturated carbocycles. The second-order valence-corrected chi connectivity index (χ2v) is 35.8. The number of benzene rings is 10. The molecule has 98 heavy (non-hydrogen) atoms. The van der Waals surface area contributed by atoms with Crippen LogP contribution in [0.4, 0.5) is 0 Å². The summed E-state index contributed by atoms with van der Waals surface area (Å²) in [7, 11) is -4.14. The second-order valence-electron chi connectivity index (χ2n) is 21.0. The van der Waals surface area contributed by atoms with Crippen molar-refractivity contribution in [1.29, 1.82) is 0 Å². The predicted molar refractivity (Wildman–Crippen MR) is 450 cm³/mol. The molecule has 496 valence electrons. The van der Waals surface area contributed by atoms with Crippen LogP contribution in [0.5, 0.6) is 0 Å². The van der Waals surface area contributed by atoms with Gasteiger partial charge in [0.15, 0.2) is 9.84 Å². The molecule has 0 radical (unpaired) electrons. The normalized spacial score (nSPS) is 12.4. The van der Waals surface area contributed by atoms with Crippen molar-refractivity contribution in [3.63, 3.8) is 0 Å². The zero-order valence-corrected chi connectivity index (χ0v) is 81.1. The van der Waals surface area contributed by atoms with Crippen molar-refractivity contribution in [3.8, 4) is 55.6 Å². The van der Waals surface area contributed by atoms with Crippen molar-refractivity contribution >= 4 is 288 Å². The van der Waals surface area contributed by atoms with E-state index in [9.17, 15) is 22.8 Å². The summed E-state index contributed by atoms with van der Waals surface area (Å²) in [6, 6.07) is 61.6. The van der Waals surface area contributed by atoms with Gasteiger partial charge in [0.25, 0.3) is 0 Å². The number of aliphatic hydroxyl groups excluding tert-OH is 2. The Kier molecular flexibility index (Phi) is 41.6. The summed E-state index contributed by atoms with van der Waals surface area (Å²) in [4.78, 5) is 2.61. The molecule has 0 amide bonds. The van der Waals surface area contributed by atoms with Crippen molar-refractivity contribution in [3.05, 3.63) is 282 Å². The molecule has 3 aliphatic rings. The van der Waals surface area contributed by atoms with E-state index in [1.54, 1.807) is 0 Å². The standard InChI is InChI=1S/C14H10Br4.C14H10Br2O2S.C14H12Br2O2.C14H10Br2OS.C14H10Br2S.BHO3.3Na.H2S/c15-7-9-5-11(17)1-3-13(9)14-4-2-12(18)6-10(14)8-16;15-11-1-3-13-9(5-11)7-19(17,18)8-10-6-12(16)2-4-14(10)13;15-11-1-3-13(9(5-11)7-17)14-4-2-12(16)6-10(14)8-18;15-11-1-3-13-9(5-11)7-18(17)8-10-6-12(16)2-4-14(10)13;15-11-1-3-13-9(5-11)7-17-8-10-6-12(16)2-4-14(10)13;2-1-4-3;;;;/h1-6H,7-8H2;1-6H,7-8H2;1-6,17-18H,7-8H2;1-6H,7-8H2;1-6H,7-8H2;3H;;;;1H2/q;;;;;;;;+1;/p-1. The molecule has 10 aromatic carbocycles. The number of thioether (sulfide) groups is 1. The molecule has 28 heteroatoms. The van der Waals surface area contributed by atoms with E-state index in [4.69, 9.17) is 9.96 Å². The number of halogens is 12. The summed E-state index contributed by atoms with van der Waals surface area (Å²) >= 11 is 46.7. The van der Waals surface area contributed by atoms with Gasteiger partial charge >= 0.3 is 95.3 Å². The minimum absolute atomic E-state index is 0. The Hall–Kier alpha value is 1.30. The molecule has 10 aromatic rings. The van der Waals surface area contributed by atoms with Gasteiger partial charge < -0.3 is 10.2 Å². The van der Waals surface area contributed by atoms with Gasteiger partial charge in [-0.05, 0) is 233 Å². The molecule has 8 nitrogen and oxygen atoms in total. The fourth-order valence-corrected chi connectivity index (χ4v) is 19.5. The average Bonchev–Trinajstić information content (AvgIpc) is 1.47. The molecule has 0 unspecified atom stereocenters. The Morgan fingerprint density at radius 3 is 0.888 bits per heavy atom. The van der Waals surface area contributed by atoms with Crippen LogP contribution in [0.3, 0.4) is 0 Å². The molecule has 0 spiro atoms. The number of alkyl halides is 2. The van der Waals surface area contributed by atoms with Gasteiger partial charge in [-0.3, -0.25) is 4.21 Å². The SMILES string of the molecule is BrCc1cc(Br)ccc1-c1ccc(Br)cc1CBr.Brc1ccc2c(c1)CSCc1cc(Br)ccc1-2.O=BO[O-].O=S1(=O)Cc2cc(Br)ccc2-c2ccc(Br)cc2C1.O=S1Cc2cc(Br)ccc2-c2ccc(Br)cc2C1.OCc1cc(Br)ccc1-c1ccc(Br)cc1CO.S.[Na+].[Na][Na]. The molecule has 3 heterocycles. The quantitative estimate of drug-likeness (QED) is 0.0690. The van der Waals surface area contributed by atoms with Gasteiger partial charge in [0.05, 0.1) is 24.7 Å². The van der Waals surface area contributed by atoms with Crippen molar-refractivity contribution in [1.82, 2.24) is 0 Å². The fraction of sp³-hybridized carbons (Fsp3) is 0.143. The zero-order chi connectivity index (χ0) is 69.8. The van der Waals surface area contributed by atoms with Crippen LogP contribution in [0.2, 0.25) is 0 Å². The molecule has 13 rings (SSSR count). The molecule has 0 saturated heterocycles. The van der Waals surface area contributed by atoms with E-state index >= 15 is 0 Å². The van der Waals surface area contributed by atoms with Crippen molar-refractivity contribution in [2.75, 3.05) is 0 Å². The van der Waals surface area contributed by atoms with Crippen LogP contribution in [-0.2, 0) is 88.5 Å². The summed E-state index contributed by atoms with van der Waals surface area (Å²) in [6.45, 7) is -0.0641. The Bertz CT molecular complexity index is 4180. The minimum atomic E-state index is -3.12. The van der Waals surface area contributed by atoms with Crippen LogP contribution in [0.25, 0.3) is 55.6 Å². The Labute approximate surface area is 739 Å². The summed E-state index contributed by atoms with van der Waals surface area (Å²) in [5.41, 5.74) is 22.7. The Morgan fingerprint density at radius 1 is 0.408 bits per heavy atom. The third-order valence-electron chi connectivity index (χ3n) is 14.7. The average molecular weight is 2190 g/mol. The van der Waals surface area contributed by atoms with Crippen LogP contribution in [0.15, 0.2) is 227 Å². The van der Waals surface area contributed by atoms with E-state index in [2.05, 4.69) is 293 Å². The van der Waals surface area contributed by atoms with Crippen LogP contribution in [0.1, 0.15) is 55.6 Å². The molecule has 0 fully saturated rings. The number of sulfone groups is 1. The van der Waals surface area contributed by atoms with Gasteiger partial charge in [-0.1, -0.05) is 252 Å². The van der Waals surface area contributed by atoms with Crippen molar-refractivity contribution in [2.24, 2.45) is 0 Å². The molecule has 0 aliphatic carbocycles. The summed E-state index contributed by atoms with van der Waals surface area (Å²) in [6.07, 6.45) is 0. The first-order chi connectivity index (χ1) is 46.0. The van der Waals surface area contributed by atoms with E-state index in [1.165, 1.54) is 99.3 Å². The molecule has 0 atom stereocenters. The maximum atomic E-state index is 12.2. The summed E-state index contributed by atoms with van der Waals surface area (Å²) in [5.74, 6) is 3.60. The number of aliphatic hydroxyl groups is 2. The molecule has 3 aliphatic heterocycles. The molecular weight excluding hydrogens is 2140 g/mol. The second kappa shape index (κ2) is 45.3. The van der Waals surface area contributed by atoms with Gasteiger partial charge in [-0.15, -0.1) is 0 Å². The number of rotatable bonds is 7. The van der Waals surface area contributed by atoms with Gasteiger partial charge in [0.1, 0.15) is 0 Å². The van der Waals surface area contributed by atoms with E-state index in [0.29, 0.717) is 11.5 Å². The molecule has 0 bridgehead atoms. The first-order valence-electron chi connectivity index (χ1n) is 29.1. The van der Waals surface area contributed by atoms with E-state index in [1.807, 2.05) is 96.7 Å². The fourth-order valence-electron chi connectivity index (χ4n) is 10.6. The third-order valence-corrected chi connectivity index (χ3v) is 24.6. The molecule has 2 N–H and O–H groups in total. The van der Waals surface area contributed by atoms with E-state index < -0.39 is 20.6 Å². The third kappa shape index (κ3) is 26.6. The number of hydrogen-bond acceptors (Lipinski definition) is 9. The maximum absolute atomic E-state index is 12.2. The van der Waals surface area contributed by atoms with Crippen LogP contribution in [-0.4, -0.2) is 73.8 Å². The first-order valence-corrected chi connectivity index (χ1v) is 51.7. The molecular formula is C70H54BBr12Na3O8S4. The zero-order valence-electron chi connectivity index (χ0n) is 52.6. The Morgan fingerprint density at radius 2 is 0.622 bits per heavy atom. The van der Waals surface area contributed by atoms with Gasteiger partial charge in [0.2, 0.25) is 0 Å². The van der Waals surface area contributed by atoms with Gasteiger partial charge in [-0.25, -0.2) is 8.42 Å². The van der Waals surface area contributed by atoms with Crippen LogP contribution >= 0.6 is 216 Å². The van der Waals surface area contributed by atoms with Gasteiger partial charge in [-0.2, -0.15) is 25.3 Å². The number of hydrogen-bond donors (Lipinski definition) is 2. The predicted octanol–water partition coefficient (Wildman–Crippen LogP) is 19.7. The first kappa shape index (κ1) is 89.9. The summed E-state index contributed by atoms with van der Waals surface area (Å²) in [5, 5.41) is 29.0. The van der Waals surface area contributed by atoms with Crippen molar-refractivity contribution in [2.45, 2.75) is 58.4 Å².